The quantitative estimate of drug-likeness (QED) is 0.354. The number of hydrogen-bond acceptors (Lipinski definition) is 9. The maximum Gasteiger partial charge on any atom is 0.332 e. The number of nitrogens with zero attached hydrogens (tertiary/aromatic N) is 2. The fraction of sp³-hybridized carbons (Fsp3) is 0.720. The van der Waals surface area contributed by atoms with E-state index in [1.165, 1.54) is 17.8 Å². The summed E-state index contributed by atoms with van der Waals surface area (Å²) in [6.45, 7) is 21.3. The van der Waals surface area contributed by atoms with Gasteiger partial charge in [0.05, 0.1) is 11.1 Å². The summed E-state index contributed by atoms with van der Waals surface area (Å²) in [4.78, 5) is 38.2. The van der Waals surface area contributed by atoms with Gasteiger partial charge in [0.25, 0.3) is 15.7 Å². The van der Waals surface area contributed by atoms with Crippen molar-refractivity contribution in [1.82, 2.24) is 14.5 Å². The Kier molecular flexibility index (Phi) is 8.37. The van der Waals surface area contributed by atoms with Crippen LogP contribution in [0.25, 0.3) is 0 Å². The highest BCUT2D eigenvalue weighted by Gasteiger charge is 2.69. The molecule has 2 aliphatic rings. The smallest absolute Gasteiger partial charge is 0.332 e. The van der Waals surface area contributed by atoms with E-state index >= 15 is 0 Å². The fourth-order valence-electron chi connectivity index (χ4n) is 4.21. The molecule has 2 amide bonds. The predicted molar refractivity (Wildman–Crippen MR) is 158 cm³/mol. The van der Waals surface area contributed by atoms with Crippen molar-refractivity contribution in [2.75, 3.05) is 0 Å². The molecule has 1 aromatic rings. The topological polar surface area (TPSA) is 170 Å². The number of primary amides is 1. The first-order valence-electron chi connectivity index (χ1n) is 13.3. The lowest BCUT2D eigenvalue weighted by atomic mass is 9.93. The molecule has 4 atom stereocenters. The van der Waals surface area contributed by atoms with Gasteiger partial charge in [0.1, 0.15) is 6.10 Å². The Morgan fingerprint density at radius 2 is 1.56 bits per heavy atom. The van der Waals surface area contributed by atoms with E-state index in [2.05, 4.69) is 5.32 Å². The SMILES string of the molecule is Cc1cn([C@@H]2OC(O[Si](C)(C)C(C)(C)C)C3(OS(=O)(=O)C=C3NC(N)=O)C2O[Si](C)(C)C(C)(C)C)c(=O)n(C)c1=O. The van der Waals surface area contributed by atoms with Gasteiger partial charge in [-0.25, -0.2) is 13.8 Å². The van der Waals surface area contributed by atoms with Crippen molar-refractivity contribution in [3.8, 4) is 0 Å². The summed E-state index contributed by atoms with van der Waals surface area (Å²) in [7, 11) is -8.59. The number of hydrogen-bond donors (Lipinski definition) is 2. The molecule has 232 valence electrons. The Balaban J connectivity index is 2.42. The summed E-state index contributed by atoms with van der Waals surface area (Å²) >= 11 is 0. The maximum absolute atomic E-state index is 13.5. The molecule has 3 unspecified atom stereocenters. The van der Waals surface area contributed by atoms with Gasteiger partial charge in [0, 0.05) is 18.8 Å². The minimum absolute atomic E-state index is 0.227. The first-order chi connectivity index (χ1) is 18.3. The molecule has 0 radical (unpaired) electrons. The monoisotopic (exact) mass is 632 g/mol. The second kappa shape index (κ2) is 10.3. The Labute approximate surface area is 243 Å². The second-order valence-corrected chi connectivity index (χ2v) is 24.7. The lowest BCUT2D eigenvalue weighted by molar-refractivity contribution is -0.147. The average Bonchev–Trinajstić information content (AvgIpc) is 3.20. The van der Waals surface area contributed by atoms with E-state index in [0.29, 0.717) is 0 Å². The third kappa shape index (κ3) is 5.92. The number of rotatable bonds is 6. The molecule has 41 heavy (non-hydrogen) atoms. The fourth-order valence-corrected chi connectivity index (χ4v) is 7.83. The van der Waals surface area contributed by atoms with Gasteiger partial charge in [-0.1, -0.05) is 41.5 Å². The van der Waals surface area contributed by atoms with Crippen molar-refractivity contribution in [3.05, 3.63) is 43.7 Å². The minimum Gasteiger partial charge on any atom is -0.406 e. The molecule has 1 aromatic heterocycles. The van der Waals surface area contributed by atoms with Gasteiger partial charge in [-0.2, -0.15) is 8.42 Å². The van der Waals surface area contributed by atoms with Crippen molar-refractivity contribution >= 4 is 32.8 Å². The van der Waals surface area contributed by atoms with E-state index in [1.54, 1.807) is 6.92 Å². The zero-order chi connectivity index (χ0) is 31.7. The van der Waals surface area contributed by atoms with Crippen LogP contribution in [0.1, 0.15) is 53.3 Å². The van der Waals surface area contributed by atoms with Crippen LogP contribution in [-0.4, -0.2) is 58.2 Å². The molecule has 3 rings (SSSR count). The molecule has 0 bridgehead atoms. The lowest BCUT2D eigenvalue weighted by Gasteiger charge is -2.45. The van der Waals surface area contributed by atoms with E-state index < -0.39 is 68.3 Å². The third-order valence-corrected chi connectivity index (χ3v) is 18.6. The van der Waals surface area contributed by atoms with Gasteiger partial charge in [-0.15, -0.1) is 0 Å². The summed E-state index contributed by atoms with van der Waals surface area (Å²) < 4.78 is 54.1. The normalized spacial score (nSPS) is 26.8. The van der Waals surface area contributed by atoms with Crippen molar-refractivity contribution < 1.29 is 31.0 Å². The van der Waals surface area contributed by atoms with Crippen molar-refractivity contribution in [2.24, 2.45) is 12.8 Å². The minimum atomic E-state index is -4.40. The van der Waals surface area contributed by atoms with Crippen LogP contribution in [0, 0.1) is 6.92 Å². The van der Waals surface area contributed by atoms with E-state index in [0.717, 1.165) is 9.98 Å². The number of amides is 2. The Bertz CT molecular complexity index is 1490. The second-order valence-electron chi connectivity index (χ2n) is 13.8. The molecule has 13 nitrogen and oxygen atoms in total. The van der Waals surface area contributed by atoms with Gasteiger partial charge in [0.2, 0.25) is 5.60 Å². The highest BCUT2D eigenvalue weighted by atomic mass is 32.2. The number of nitrogens with two attached hydrogens (primary N) is 1. The summed E-state index contributed by atoms with van der Waals surface area (Å²) in [6.07, 6.45) is -2.76. The zero-order valence-corrected chi connectivity index (χ0v) is 28.8. The summed E-state index contributed by atoms with van der Waals surface area (Å²) in [5.74, 6) is 0. The van der Waals surface area contributed by atoms with Crippen molar-refractivity contribution in [3.63, 3.8) is 0 Å². The Morgan fingerprint density at radius 1 is 1.05 bits per heavy atom. The van der Waals surface area contributed by atoms with Crippen LogP contribution in [0.2, 0.25) is 36.3 Å². The number of ether oxygens (including phenoxy) is 1. The van der Waals surface area contributed by atoms with Gasteiger partial charge < -0.3 is 24.6 Å². The molecule has 1 spiro atoms. The first kappa shape index (κ1) is 33.4. The summed E-state index contributed by atoms with van der Waals surface area (Å²) in [5.41, 5.74) is 2.21. The van der Waals surface area contributed by atoms with E-state index in [1.807, 2.05) is 67.7 Å². The van der Waals surface area contributed by atoms with Crippen LogP contribution in [0.3, 0.4) is 0 Å². The average molecular weight is 633 g/mol. The number of nitrogens with one attached hydrogen (secondary N) is 1. The molecular weight excluding hydrogens is 589 g/mol. The van der Waals surface area contributed by atoms with Crippen LogP contribution in [-0.2, 0) is 34.9 Å². The number of carbonyl (C=O) groups excluding carboxylic acids is 1. The highest BCUT2D eigenvalue weighted by Crippen LogP contribution is 2.54. The van der Waals surface area contributed by atoms with Gasteiger partial charge >= 0.3 is 11.7 Å². The summed E-state index contributed by atoms with van der Waals surface area (Å²) in [5, 5.41) is 2.44. The third-order valence-electron chi connectivity index (χ3n) is 8.68. The zero-order valence-electron chi connectivity index (χ0n) is 25.9. The number of aryl methyl sites for hydroxylation is 1. The van der Waals surface area contributed by atoms with Crippen LogP contribution in [0.15, 0.2) is 26.9 Å². The van der Waals surface area contributed by atoms with Crippen LogP contribution in [0.5, 0.6) is 0 Å². The molecule has 0 saturated carbocycles. The van der Waals surface area contributed by atoms with Crippen molar-refractivity contribution in [1.29, 1.82) is 0 Å². The number of urea groups is 1. The Morgan fingerprint density at radius 3 is 2.05 bits per heavy atom. The van der Waals surface area contributed by atoms with Gasteiger partial charge in [-0.05, 0) is 43.2 Å². The Hall–Kier alpha value is -2.09. The first-order valence-corrected chi connectivity index (χ1v) is 20.6. The van der Waals surface area contributed by atoms with Crippen molar-refractivity contribution in [2.45, 2.75) is 109 Å². The molecule has 0 aliphatic carbocycles. The molecule has 3 heterocycles. The van der Waals surface area contributed by atoms with Gasteiger partial charge in [0.15, 0.2) is 29.2 Å². The molecule has 2 aliphatic heterocycles. The largest absolute Gasteiger partial charge is 0.406 e. The maximum atomic E-state index is 13.5. The van der Waals surface area contributed by atoms with Crippen LogP contribution < -0.4 is 22.3 Å². The predicted octanol–water partition coefficient (Wildman–Crippen LogP) is 2.73. The molecule has 3 N–H and O–H groups in total. The van der Waals surface area contributed by atoms with E-state index in [4.69, 9.17) is 23.5 Å². The van der Waals surface area contributed by atoms with Crippen LogP contribution in [0.4, 0.5) is 4.79 Å². The van der Waals surface area contributed by atoms with E-state index in [-0.39, 0.29) is 21.3 Å². The highest BCUT2D eigenvalue weighted by molar-refractivity contribution is 7.90. The molecule has 16 heteroatoms. The number of carbonyl (C=O) groups is 1. The number of aromatic nitrogens is 2. The standard InChI is InChI=1S/C25H44N4O9SSi2/c1-15-13-29(22(32)28(8)18(15)30)19-17(36-40(9,10)23(2,3)4)25(16(27-21(26)31)14-39(33,34)38-25)20(35-19)37-41(11,12)24(5,6)7/h13-14,17,19-20H,1-12H3,(H3,26,27,31)/t17?,19-,20?,25?/m1/s1. The summed E-state index contributed by atoms with van der Waals surface area (Å²) in [6, 6.07) is -1.04. The lowest BCUT2D eigenvalue weighted by Crippen LogP contribution is -2.61. The molecule has 1 fully saturated rings. The molecule has 1 saturated heterocycles. The molecule has 0 aromatic carbocycles. The van der Waals surface area contributed by atoms with Gasteiger partial charge in [-0.3, -0.25) is 13.9 Å². The van der Waals surface area contributed by atoms with Crippen LogP contribution >= 0.6 is 0 Å². The van der Waals surface area contributed by atoms with E-state index in [9.17, 15) is 22.8 Å². The molecular formula is C25H44N4O9SSi2.